The van der Waals surface area contributed by atoms with Crippen LogP contribution < -0.4 is 10.2 Å². The Morgan fingerprint density at radius 1 is 0.935 bits per heavy atom. The van der Waals surface area contributed by atoms with E-state index in [1.165, 1.54) is 56.4 Å². The first-order valence-corrected chi connectivity index (χ1v) is 11.1. The number of barbiturate groups is 1. The highest BCUT2D eigenvalue weighted by Gasteiger charge is 2.51. The maximum atomic E-state index is 13.0. The molecule has 5 fully saturated rings. The number of benzene rings is 1. The van der Waals surface area contributed by atoms with Gasteiger partial charge in [-0.3, -0.25) is 14.9 Å². The first kappa shape index (κ1) is 18.6. The molecular weight excluding hydrogens is 392 g/mol. The van der Waals surface area contributed by atoms with Crippen LogP contribution in [0.25, 0.3) is 6.08 Å². The molecule has 4 amide bonds. The Morgan fingerprint density at radius 3 is 2.16 bits per heavy atom. The van der Waals surface area contributed by atoms with Crippen molar-refractivity contribution in [2.75, 3.05) is 4.90 Å². The van der Waals surface area contributed by atoms with Crippen molar-refractivity contribution in [1.82, 2.24) is 5.32 Å². The van der Waals surface area contributed by atoms with Crippen LogP contribution in [-0.2, 0) is 15.0 Å². The molecule has 4 bridgehead atoms. The summed E-state index contributed by atoms with van der Waals surface area (Å²) in [5.74, 6) is 1.56. The molecule has 4 saturated carbocycles. The van der Waals surface area contributed by atoms with Gasteiger partial charge in [0.05, 0.1) is 12.0 Å². The lowest BCUT2D eigenvalue weighted by atomic mass is 9.48. The second-order valence-electron chi connectivity index (χ2n) is 9.72. The van der Waals surface area contributed by atoms with Crippen LogP contribution in [0.2, 0.25) is 0 Å². The zero-order chi connectivity index (χ0) is 21.2. The van der Waals surface area contributed by atoms with Crippen LogP contribution in [-0.4, -0.2) is 17.8 Å². The third-order valence-electron chi connectivity index (χ3n) is 7.71. The standard InChI is InChI=1S/C25H24N2O4/c28-22-21(11-20-2-1-7-31-20)23(29)27(24(30)26-22)19-5-3-18(4-6-19)25-12-15-8-16(13-25)10-17(9-15)14-25/h1-7,11,15-17H,8-10,12-14H2,(H,26,28,30)/b21-11+. The van der Waals surface area contributed by atoms with Crippen LogP contribution >= 0.6 is 0 Å². The first-order valence-electron chi connectivity index (χ1n) is 11.1. The van der Waals surface area contributed by atoms with E-state index in [1.54, 1.807) is 12.1 Å². The molecule has 4 aliphatic carbocycles. The van der Waals surface area contributed by atoms with Crippen molar-refractivity contribution in [1.29, 1.82) is 0 Å². The van der Waals surface area contributed by atoms with E-state index in [0.29, 0.717) is 11.4 Å². The Kier molecular flexibility index (Phi) is 4.01. The molecule has 0 radical (unpaired) electrons. The SMILES string of the molecule is O=C1NC(=O)N(c2ccc(C34CC5CC(CC(C5)C3)C4)cc2)C(=O)/C1=C/c1ccco1. The van der Waals surface area contributed by atoms with E-state index in [9.17, 15) is 14.4 Å². The molecule has 0 atom stereocenters. The number of rotatable bonds is 3. The lowest BCUT2D eigenvalue weighted by Crippen LogP contribution is -2.54. The van der Waals surface area contributed by atoms with Gasteiger partial charge in [-0.15, -0.1) is 0 Å². The number of amides is 4. The third-order valence-corrected chi connectivity index (χ3v) is 7.71. The van der Waals surface area contributed by atoms with Crippen LogP contribution in [0.15, 0.2) is 52.7 Å². The molecule has 6 heteroatoms. The van der Waals surface area contributed by atoms with Gasteiger partial charge in [0.25, 0.3) is 11.8 Å². The van der Waals surface area contributed by atoms with Crippen LogP contribution in [0.3, 0.4) is 0 Å². The summed E-state index contributed by atoms with van der Waals surface area (Å²) >= 11 is 0. The van der Waals surface area contributed by atoms with Crippen molar-refractivity contribution in [2.24, 2.45) is 17.8 Å². The van der Waals surface area contributed by atoms with Crippen molar-refractivity contribution < 1.29 is 18.8 Å². The lowest BCUT2D eigenvalue weighted by molar-refractivity contribution is -0.122. The smallest absolute Gasteiger partial charge is 0.335 e. The van der Waals surface area contributed by atoms with Gasteiger partial charge in [0.2, 0.25) is 0 Å². The summed E-state index contributed by atoms with van der Waals surface area (Å²) in [4.78, 5) is 38.8. The molecule has 2 aromatic rings. The minimum atomic E-state index is -0.728. The quantitative estimate of drug-likeness (QED) is 0.594. The molecule has 1 N–H and O–H groups in total. The van der Waals surface area contributed by atoms with Crippen molar-refractivity contribution in [3.63, 3.8) is 0 Å². The highest BCUT2D eigenvalue weighted by Crippen LogP contribution is 2.60. The fourth-order valence-corrected chi connectivity index (χ4v) is 6.84. The molecular formula is C25H24N2O4. The predicted octanol–water partition coefficient (Wildman–Crippen LogP) is 4.41. The normalized spacial score (nSPS) is 33.3. The van der Waals surface area contributed by atoms with Gasteiger partial charge in [-0.1, -0.05) is 12.1 Å². The summed E-state index contributed by atoms with van der Waals surface area (Å²) in [6.07, 6.45) is 10.8. The second-order valence-corrected chi connectivity index (χ2v) is 9.72. The van der Waals surface area contributed by atoms with Gasteiger partial charge in [-0.05, 0) is 97.6 Å². The first-order chi connectivity index (χ1) is 15.0. The van der Waals surface area contributed by atoms with Crippen LogP contribution in [0, 0.1) is 17.8 Å². The molecule has 0 unspecified atom stereocenters. The number of hydrogen-bond acceptors (Lipinski definition) is 4. The van der Waals surface area contributed by atoms with E-state index in [-0.39, 0.29) is 11.0 Å². The number of imide groups is 2. The van der Waals surface area contributed by atoms with Crippen LogP contribution in [0.5, 0.6) is 0 Å². The lowest BCUT2D eigenvalue weighted by Gasteiger charge is -2.57. The van der Waals surface area contributed by atoms with Gasteiger partial charge in [-0.2, -0.15) is 0 Å². The number of nitrogens with one attached hydrogen (secondary N) is 1. The number of anilines is 1. The van der Waals surface area contributed by atoms with Crippen molar-refractivity contribution >= 4 is 29.6 Å². The molecule has 1 saturated heterocycles. The highest BCUT2D eigenvalue weighted by atomic mass is 16.3. The van der Waals surface area contributed by atoms with E-state index in [2.05, 4.69) is 17.4 Å². The monoisotopic (exact) mass is 416 g/mol. The van der Waals surface area contributed by atoms with Crippen molar-refractivity contribution in [3.8, 4) is 0 Å². The minimum absolute atomic E-state index is 0.125. The number of furan rings is 1. The van der Waals surface area contributed by atoms with Gasteiger partial charge >= 0.3 is 6.03 Å². The maximum absolute atomic E-state index is 13.0. The Hall–Kier alpha value is -3.15. The third kappa shape index (κ3) is 2.96. The predicted molar refractivity (Wildman–Crippen MR) is 114 cm³/mol. The fourth-order valence-electron chi connectivity index (χ4n) is 6.84. The molecule has 1 aromatic heterocycles. The number of nitrogens with zero attached hydrogens (tertiary/aromatic N) is 1. The average molecular weight is 416 g/mol. The largest absolute Gasteiger partial charge is 0.465 e. The number of urea groups is 1. The van der Waals surface area contributed by atoms with Gasteiger partial charge in [0.15, 0.2) is 0 Å². The van der Waals surface area contributed by atoms with Crippen molar-refractivity contribution in [2.45, 2.75) is 43.9 Å². The molecule has 5 aliphatic rings. The van der Waals surface area contributed by atoms with Crippen molar-refractivity contribution in [3.05, 3.63) is 59.6 Å². The van der Waals surface area contributed by atoms with E-state index < -0.39 is 17.8 Å². The Bertz CT molecular complexity index is 1060. The van der Waals surface area contributed by atoms with E-state index in [1.807, 2.05) is 12.1 Å². The average Bonchev–Trinajstić information content (AvgIpc) is 3.24. The molecule has 1 aromatic carbocycles. The zero-order valence-electron chi connectivity index (χ0n) is 17.2. The fraction of sp³-hybridized carbons (Fsp3) is 0.400. The summed E-state index contributed by atoms with van der Waals surface area (Å²) in [5.41, 5.74) is 1.91. The molecule has 6 nitrogen and oxygen atoms in total. The summed E-state index contributed by atoms with van der Waals surface area (Å²) < 4.78 is 5.22. The van der Waals surface area contributed by atoms with E-state index in [0.717, 1.165) is 22.7 Å². The minimum Gasteiger partial charge on any atom is -0.465 e. The summed E-state index contributed by atoms with van der Waals surface area (Å²) in [5, 5.41) is 2.26. The molecule has 0 spiro atoms. The number of hydrogen-bond donors (Lipinski definition) is 1. The number of carbonyl (C=O) groups excluding carboxylic acids is 3. The molecule has 1 aliphatic heterocycles. The van der Waals surface area contributed by atoms with Gasteiger partial charge < -0.3 is 4.42 Å². The topological polar surface area (TPSA) is 79.6 Å². The second kappa shape index (κ2) is 6.67. The summed E-state index contributed by atoms with van der Waals surface area (Å²) in [7, 11) is 0. The molecule has 31 heavy (non-hydrogen) atoms. The Balaban J connectivity index is 1.30. The molecule has 158 valence electrons. The molecule has 7 rings (SSSR count). The van der Waals surface area contributed by atoms with Gasteiger partial charge in [0.1, 0.15) is 11.3 Å². The highest BCUT2D eigenvalue weighted by molar-refractivity contribution is 6.39. The molecule has 2 heterocycles. The Labute approximate surface area is 180 Å². The Morgan fingerprint density at radius 2 is 1.58 bits per heavy atom. The van der Waals surface area contributed by atoms with Crippen LogP contribution in [0.4, 0.5) is 10.5 Å². The maximum Gasteiger partial charge on any atom is 0.335 e. The van der Waals surface area contributed by atoms with E-state index in [4.69, 9.17) is 4.42 Å². The summed E-state index contributed by atoms with van der Waals surface area (Å²) in [6, 6.07) is 10.4. The van der Waals surface area contributed by atoms with E-state index >= 15 is 0 Å². The summed E-state index contributed by atoms with van der Waals surface area (Å²) in [6.45, 7) is 0. The van der Waals surface area contributed by atoms with Gasteiger partial charge in [0, 0.05) is 0 Å². The zero-order valence-corrected chi connectivity index (χ0v) is 17.2. The van der Waals surface area contributed by atoms with Crippen LogP contribution in [0.1, 0.15) is 49.8 Å². The number of carbonyl (C=O) groups is 3. The van der Waals surface area contributed by atoms with Gasteiger partial charge in [-0.25, -0.2) is 9.69 Å².